The largest absolute Gasteiger partial charge is 0.446 e. The van der Waals surface area contributed by atoms with Crippen LogP contribution in [0.2, 0.25) is 0 Å². The van der Waals surface area contributed by atoms with Crippen molar-refractivity contribution in [1.29, 1.82) is 0 Å². The zero-order chi connectivity index (χ0) is 12.2. The van der Waals surface area contributed by atoms with Gasteiger partial charge in [-0.1, -0.05) is 25.5 Å². The first-order valence-electron chi connectivity index (χ1n) is 4.96. The molecule has 1 atom stereocenters. The number of aliphatic hydroxyl groups is 1. The van der Waals surface area contributed by atoms with Crippen molar-refractivity contribution in [2.75, 3.05) is 0 Å². The van der Waals surface area contributed by atoms with E-state index in [9.17, 15) is 18.3 Å². The topological polar surface area (TPSA) is 20.2 Å². The first-order valence-corrected chi connectivity index (χ1v) is 5.78. The third kappa shape index (κ3) is 4.45. The standard InChI is InChI=1S/C11H13F3OS/c1-2-3-10(15)8-4-6-9(7-5-8)16-11(12,13)14/h4-7,10,15H,2-3H2,1H3. The van der Waals surface area contributed by atoms with Crippen molar-refractivity contribution in [2.45, 2.75) is 36.3 Å². The molecule has 0 heterocycles. The highest BCUT2D eigenvalue weighted by molar-refractivity contribution is 8.00. The van der Waals surface area contributed by atoms with Gasteiger partial charge in [-0.3, -0.25) is 0 Å². The van der Waals surface area contributed by atoms with Gasteiger partial charge in [-0.05, 0) is 35.9 Å². The van der Waals surface area contributed by atoms with Crippen LogP contribution in [0.4, 0.5) is 13.2 Å². The molecule has 1 rings (SSSR count). The summed E-state index contributed by atoms with van der Waals surface area (Å²) in [6.45, 7) is 1.94. The predicted octanol–water partition coefficient (Wildman–Crippen LogP) is 4.13. The number of benzene rings is 1. The second kappa shape index (κ2) is 5.59. The molecule has 0 radical (unpaired) electrons. The summed E-state index contributed by atoms with van der Waals surface area (Å²) in [5.74, 6) is 0. The Balaban J connectivity index is 2.68. The van der Waals surface area contributed by atoms with Gasteiger partial charge in [0.1, 0.15) is 0 Å². The first kappa shape index (κ1) is 13.4. The second-order valence-corrected chi connectivity index (χ2v) is 4.56. The molecule has 16 heavy (non-hydrogen) atoms. The van der Waals surface area contributed by atoms with Gasteiger partial charge in [0.05, 0.1) is 6.10 Å². The van der Waals surface area contributed by atoms with Gasteiger partial charge in [0.25, 0.3) is 0 Å². The lowest BCUT2D eigenvalue weighted by molar-refractivity contribution is -0.0328. The average molecular weight is 250 g/mol. The maximum atomic E-state index is 12.0. The van der Waals surface area contributed by atoms with E-state index in [-0.39, 0.29) is 16.7 Å². The van der Waals surface area contributed by atoms with Crippen molar-refractivity contribution in [3.05, 3.63) is 29.8 Å². The molecule has 1 aromatic carbocycles. The summed E-state index contributed by atoms with van der Waals surface area (Å²) >= 11 is -0.147. The monoisotopic (exact) mass is 250 g/mol. The zero-order valence-corrected chi connectivity index (χ0v) is 9.61. The Morgan fingerprint density at radius 1 is 1.25 bits per heavy atom. The normalized spacial score (nSPS) is 13.8. The van der Waals surface area contributed by atoms with Gasteiger partial charge in [0.15, 0.2) is 0 Å². The van der Waals surface area contributed by atoms with Crippen molar-refractivity contribution in [1.82, 2.24) is 0 Å². The van der Waals surface area contributed by atoms with Crippen LogP contribution in [0.3, 0.4) is 0 Å². The quantitative estimate of drug-likeness (QED) is 0.811. The molecule has 5 heteroatoms. The van der Waals surface area contributed by atoms with E-state index in [1.165, 1.54) is 24.3 Å². The number of aliphatic hydroxyl groups excluding tert-OH is 1. The summed E-state index contributed by atoms with van der Waals surface area (Å²) in [5, 5.41) is 9.61. The molecule has 0 amide bonds. The molecule has 0 aliphatic heterocycles. The Labute approximate surface area is 96.7 Å². The SMILES string of the molecule is CCCC(O)c1ccc(SC(F)(F)F)cc1. The smallest absolute Gasteiger partial charge is 0.388 e. The zero-order valence-electron chi connectivity index (χ0n) is 8.79. The van der Waals surface area contributed by atoms with Crippen LogP contribution in [0, 0.1) is 0 Å². The van der Waals surface area contributed by atoms with Gasteiger partial charge in [-0.25, -0.2) is 0 Å². The lowest BCUT2D eigenvalue weighted by Gasteiger charge is -2.10. The Bertz CT molecular complexity index is 321. The summed E-state index contributed by atoms with van der Waals surface area (Å²) in [6, 6.07) is 5.83. The van der Waals surface area contributed by atoms with Crippen LogP contribution in [0.25, 0.3) is 0 Å². The van der Waals surface area contributed by atoms with Crippen molar-refractivity contribution >= 4 is 11.8 Å². The fraction of sp³-hybridized carbons (Fsp3) is 0.455. The minimum absolute atomic E-state index is 0.139. The van der Waals surface area contributed by atoms with Gasteiger partial charge < -0.3 is 5.11 Å². The summed E-state index contributed by atoms with van der Waals surface area (Å²) in [5.41, 5.74) is -3.60. The molecule has 1 aromatic rings. The van der Waals surface area contributed by atoms with Gasteiger partial charge in [-0.15, -0.1) is 0 Å². The minimum atomic E-state index is -4.26. The molecule has 0 fully saturated rings. The van der Waals surface area contributed by atoms with E-state index in [1.54, 1.807) is 0 Å². The Kier molecular flexibility index (Phi) is 4.68. The van der Waals surface area contributed by atoms with Crippen LogP contribution < -0.4 is 0 Å². The number of halogens is 3. The molecule has 0 spiro atoms. The van der Waals surface area contributed by atoms with Crippen LogP contribution in [0.15, 0.2) is 29.2 Å². The number of thioether (sulfide) groups is 1. The Hall–Kier alpha value is -0.680. The molecule has 0 saturated heterocycles. The molecule has 90 valence electrons. The van der Waals surface area contributed by atoms with E-state index in [4.69, 9.17) is 0 Å². The molecule has 0 aromatic heterocycles. The first-order chi connectivity index (χ1) is 7.42. The molecule has 0 saturated carbocycles. The number of alkyl halides is 3. The van der Waals surface area contributed by atoms with E-state index < -0.39 is 11.6 Å². The highest BCUT2D eigenvalue weighted by atomic mass is 32.2. The molecule has 0 bridgehead atoms. The van der Waals surface area contributed by atoms with E-state index in [0.29, 0.717) is 12.0 Å². The van der Waals surface area contributed by atoms with Crippen molar-refractivity contribution in [3.8, 4) is 0 Å². The summed E-state index contributed by atoms with van der Waals surface area (Å²) in [4.78, 5) is 0.139. The summed E-state index contributed by atoms with van der Waals surface area (Å²) < 4.78 is 36.1. The molecule has 0 aliphatic carbocycles. The van der Waals surface area contributed by atoms with Gasteiger partial charge in [0, 0.05) is 4.90 Å². The van der Waals surface area contributed by atoms with Crippen molar-refractivity contribution in [3.63, 3.8) is 0 Å². The van der Waals surface area contributed by atoms with E-state index in [0.717, 1.165) is 6.42 Å². The minimum Gasteiger partial charge on any atom is -0.388 e. The maximum Gasteiger partial charge on any atom is 0.446 e. The molecule has 1 N–H and O–H groups in total. The summed E-state index contributed by atoms with van der Waals surface area (Å²) in [6.07, 6.45) is 0.862. The third-order valence-electron chi connectivity index (χ3n) is 2.06. The van der Waals surface area contributed by atoms with E-state index in [2.05, 4.69) is 0 Å². The van der Waals surface area contributed by atoms with Gasteiger partial charge in [0.2, 0.25) is 0 Å². The highest BCUT2D eigenvalue weighted by Gasteiger charge is 2.29. The Morgan fingerprint density at radius 3 is 2.25 bits per heavy atom. The van der Waals surface area contributed by atoms with Crippen LogP contribution in [0.1, 0.15) is 31.4 Å². The van der Waals surface area contributed by atoms with E-state index >= 15 is 0 Å². The fourth-order valence-electron chi connectivity index (χ4n) is 1.33. The molecule has 1 unspecified atom stereocenters. The number of hydrogen-bond acceptors (Lipinski definition) is 2. The predicted molar refractivity (Wildman–Crippen MR) is 58.2 cm³/mol. The number of hydrogen-bond donors (Lipinski definition) is 1. The number of rotatable bonds is 4. The van der Waals surface area contributed by atoms with Crippen LogP contribution in [-0.4, -0.2) is 10.6 Å². The van der Waals surface area contributed by atoms with Crippen LogP contribution in [0.5, 0.6) is 0 Å². The lowest BCUT2D eigenvalue weighted by atomic mass is 10.1. The molecule has 1 nitrogen and oxygen atoms in total. The van der Waals surface area contributed by atoms with Gasteiger partial charge in [-0.2, -0.15) is 13.2 Å². The fourth-order valence-corrected chi connectivity index (χ4v) is 1.87. The molecule has 0 aliphatic rings. The van der Waals surface area contributed by atoms with E-state index in [1.807, 2.05) is 6.92 Å². The van der Waals surface area contributed by atoms with Crippen LogP contribution in [-0.2, 0) is 0 Å². The highest BCUT2D eigenvalue weighted by Crippen LogP contribution is 2.37. The van der Waals surface area contributed by atoms with Crippen molar-refractivity contribution < 1.29 is 18.3 Å². The summed E-state index contributed by atoms with van der Waals surface area (Å²) in [7, 11) is 0. The third-order valence-corrected chi connectivity index (χ3v) is 2.80. The maximum absolute atomic E-state index is 12.0. The second-order valence-electron chi connectivity index (χ2n) is 3.42. The van der Waals surface area contributed by atoms with Crippen molar-refractivity contribution in [2.24, 2.45) is 0 Å². The Morgan fingerprint density at radius 2 is 1.81 bits per heavy atom. The van der Waals surface area contributed by atoms with Gasteiger partial charge >= 0.3 is 5.51 Å². The average Bonchev–Trinajstić information content (AvgIpc) is 2.16. The molecular formula is C11H13F3OS. The van der Waals surface area contributed by atoms with Crippen LogP contribution >= 0.6 is 11.8 Å². The lowest BCUT2D eigenvalue weighted by Crippen LogP contribution is -2.00. The molecular weight excluding hydrogens is 237 g/mol.